The van der Waals surface area contributed by atoms with E-state index in [1.54, 1.807) is 16.8 Å². The van der Waals surface area contributed by atoms with E-state index in [2.05, 4.69) is 0 Å². The predicted molar refractivity (Wildman–Crippen MR) is 39.1 cm³/mol. The fourth-order valence-electron chi connectivity index (χ4n) is 1.91. The molecule has 1 N–H and O–H groups in total. The van der Waals surface area contributed by atoms with Gasteiger partial charge in [-0.15, -0.1) is 0 Å². The summed E-state index contributed by atoms with van der Waals surface area (Å²) in [4.78, 5) is 14.7. The molecule has 2 heterocycles. The number of rotatable bonds is 0. The zero-order chi connectivity index (χ0) is 8.01. The Morgan fingerprint density at radius 2 is 2.27 bits per heavy atom. The highest BCUT2D eigenvalue weighted by molar-refractivity contribution is 5.77. The van der Waals surface area contributed by atoms with E-state index in [1.165, 1.54) is 0 Å². The molecule has 0 saturated carbocycles. The molecule has 0 spiro atoms. The molecule has 4 heteroatoms. The number of hydrogen-bond donors (Lipinski definition) is 1. The Kier molecular flexibility index (Phi) is 1.32. The second-order valence-corrected chi connectivity index (χ2v) is 3.36. The molecule has 0 radical (unpaired) electrons. The van der Waals surface area contributed by atoms with Crippen molar-refractivity contribution in [2.45, 2.75) is 18.6 Å². The maximum atomic E-state index is 11.3. The third-order valence-electron chi connectivity index (χ3n) is 2.45. The Bertz CT molecular complexity index is 195. The van der Waals surface area contributed by atoms with Crippen molar-refractivity contribution in [3.05, 3.63) is 0 Å². The van der Waals surface area contributed by atoms with Crippen molar-refractivity contribution in [3.63, 3.8) is 0 Å². The summed E-state index contributed by atoms with van der Waals surface area (Å²) >= 11 is 0. The lowest BCUT2D eigenvalue weighted by atomic mass is 10.2. The number of nitrogens with zero attached hydrogens (tertiary/aromatic N) is 2. The summed E-state index contributed by atoms with van der Waals surface area (Å²) in [5, 5.41) is 9.23. The summed E-state index contributed by atoms with van der Waals surface area (Å²) < 4.78 is 0. The van der Waals surface area contributed by atoms with Crippen molar-refractivity contribution in [1.29, 1.82) is 0 Å². The van der Waals surface area contributed by atoms with Gasteiger partial charge in [-0.05, 0) is 6.42 Å². The van der Waals surface area contributed by atoms with Crippen LogP contribution in [0.2, 0.25) is 0 Å². The van der Waals surface area contributed by atoms with Gasteiger partial charge in [-0.3, -0.25) is 0 Å². The van der Waals surface area contributed by atoms with Gasteiger partial charge in [0, 0.05) is 20.1 Å². The van der Waals surface area contributed by atoms with Crippen LogP contribution in [0.3, 0.4) is 0 Å². The molecule has 2 saturated heterocycles. The van der Waals surface area contributed by atoms with E-state index in [9.17, 15) is 9.90 Å². The van der Waals surface area contributed by atoms with Crippen LogP contribution in [0.25, 0.3) is 0 Å². The normalized spacial score (nSPS) is 36.7. The summed E-state index contributed by atoms with van der Waals surface area (Å²) in [5.74, 6) is 0. The van der Waals surface area contributed by atoms with Gasteiger partial charge in [0.05, 0.1) is 12.1 Å². The van der Waals surface area contributed by atoms with Crippen LogP contribution in [0.4, 0.5) is 4.79 Å². The number of amides is 2. The number of likely N-dealkylation sites (N-methyl/N-ethyl adjacent to an activating group) is 1. The zero-order valence-corrected chi connectivity index (χ0v) is 6.53. The van der Waals surface area contributed by atoms with Crippen LogP contribution in [0.5, 0.6) is 0 Å². The van der Waals surface area contributed by atoms with Crippen LogP contribution in [0.15, 0.2) is 0 Å². The minimum absolute atomic E-state index is 0.0616. The van der Waals surface area contributed by atoms with Gasteiger partial charge in [-0.2, -0.15) is 0 Å². The summed E-state index contributed by atoms with van der Waals surface area (Å²) in [7, 11) is 1.80. The van der Waals surface area contributed by atoms with Gasteiger partial charge < -0.3 is 14.9 Å². The largest absolute Gasteiger partial charge is 0.391 e. The SMILES string of the molecule is CN1CC2CC(O)CN2C1=O. The maximum Gasteiger partial charge on any atom is 0.320 e. The molecule has 2 unspecified atom stereocenters. The maximum absolute atomic E-state index is 11.3. The quantitative estimate of drug-likeness (QED) is 0.513. The first-order valence-electron chi connectivity index (χ1n) is 3.88. The van der Waals surface area contributed by atoms with Crippen LogP contribution >= 0.6 is 0 Å². The van der Waals surface area contributed by atoms with Crippen LogP contribution < -0.4 is 0 Å². The molecule has 0 aromatic carbocycles. The van der Waals surface area contributed by atoms with E-state index in [1.807, 2.05) is 0 Å². The van der Waals surface area contributed by atoms with Gasteiger partial charge in [-0.25, -0.2) is 4.79 Å². The van der Waals surface area contributed by atoms with Crippen molar-refractivity contribution < 1.29 is 9.90 Å². The molecule has 0 bridgehead atoms. The summed E-state index contributed by atoms with van der Waals surface area (Å²) in [6.45, 7) is 1.30. The first-order chi connectivity index (χ1) is 5.18. The highest BCUT2D eigenvalue weighted by atomic mass is 16.3. The standard InChI is InChI=1S/C7H12N2O2/c1-8-3-5-2-6(10)4-9(5)7(8)11/h5-6,10H,2-4H2,1H3. The number of hydrogen-bond acceptors (Lipinski definition) is 2. The predicted octanol–water partition coefficient (Wildman–Crippen LogP) is -0.513. The summed E-state index contributed by atoms with van der Waals surface area (Å²) in [6, 6.07) is 0.328. The Morgan fingerprint density at radius 1 is 1.55 bits per heavy atom. The van der Waals surface area contributed by atoms with E-state index in [0.717, 1.165) is 13.0 Å². The number of urea groups is 1. The number of aliphatic hydroxyl groups is 1. The Hall–Kier alpha value is -0.770. The average Bonchev–Trinajstić information content (AvgIpc) is 2.37. The molecule has 2 rings (SSSR count). The lowest BCUT2D eigenvalue weighted by Crippen LogP contribution is -2.31. The number of carbonyl (C=O) groups excluding carboxylic acids is 1. The Morgan fingerprint density at radius 3 is 2.91 bits per heavy atom. The molecule has 2 amide bonds. The highest BCUT2D eigenvalue weighted by Gasteiger charge is 2.41. The van der Waals surface area contributed by atoms with Crippen molar-refractivity contribution in [3.8, 4) is 0 Å². The molecular weight excluding hydrogens is 144 g/mol. The molecule has 2 aliphatic rings. The van der Waals surface area contributed by atoms with E-state index in [0.29, 0.717) is 6.54 Å². The monoisotopic (exact) mass is 156 g/mol. The van der Waals surface area contributed by atoms with E-state index < -0.39 is 0 Å². The van der Waals surface area contributed by atoms with Crippen LogP contribution in [-0.4, -0.2) is 53.2 Å². The van der Waals surface area contributed by atoms with Gasteiger partial charge in [-0.1, -0.05) is 0 Å². The first-order valence-corrected chi connectivity index (χ1v) is 3.88. The van der Waals surface area contributed by atoms with E-state index in [4.69, 9.17) is 0 Å². The third kappa shape index (κ3) is 0.894. The molecule has 11 heavy (non-hydrogen) atoms. The van der Waals surface area contributed by atoms with Gasteiger partial charge in [0.15, 0.2) is 0 Å². The van der Waals surface area contributed by atoms with Gasteiger partial charge in [0.1, 0.15) is 0 Å². The molecule has 4 nitrogen and oxygen atoms in total. The molecule has 0 aliphatic carbocycles. The van der Waals surface area contributed by atoms with E-state index in [-0.39, 0.29) is 18.2 Å². The second kappa shape index (κ2) is 2.11. The molecule has 0 aromatic rings. The third-order valence-corrected chi connectivity index (χ3v) is 2.45. The van der Waals surface area contributed by atoms with Crippen molar-refractivity contribution in [2.75, 3.05) is 20.1 Å². The molecule has 2 aliphatic heterocycles. The van der Waals surface area contributed by atoms with Crippen LogP contribution in [0.1, 0.15) is 6.42 Å². The first kappa shape index (κ1) is 6.91. The van der Waals surface area contributed by atoms with Crippen molar-refractivity contribution in [1.82, 2.24) is 9.80 Å². The Balaban J connectivity index is 2.13. The summed E-state index contributed by atoms with van der Waals surface area (Å²) in [5.41, 5.74) is 0. The van der Waals surface area contributed by atoms with Crippen molar-refractivity contribution >= 4 is 6.03 Å². The molecule has 2 atom stereocenters. The minimum Gasteiger partial charge on any atom is -0.391 e. The Labute approximate surface area is 65.4 Å². The number of fused-ring (bicyclic) bond motifs is 1. The van der Waals surface area contributed by atoms with Crippen molar-refractivity contribution in [2.24, 2.45) is 0 Å². The highest BCUT2D eigenvalue weighted by Crippen LogP contribution is 2.24. The zero-order valence-electron chi connectivity index (χ0n) is 6.53. The molecule has 0 aromatic heterocycles. The fraction of sp³-hybridized carbons (Fsp3) is 0.857. The molecule has 2 fully saturated rings. The number of aliphatic hydroxyl groups excluding tert-OH is 1. The van der Waals surface area contributed by atoms with Gasteiger partial charge in [0.25, 0.3) is 0 Å². The topological polar surface area (TPSA) is 43.8 Å². The second-order valence-electron chi connectivity index (χ2n) is 3.36. The van der Waals surface area contributed by atoms with E-state index >= 15 is 0 Å². The van der Waals surface area contributed by atoms with Gasteiger partial charge in [0.2, 0.25) is 0 Å². The lowest BCUT2D eigenvalue weighted by molar-refractivity contribution is 0.164. The molecule has 62 valence electrons. The number of carbonyl (C=O) groups is 1. The summed E-state index contributed by atoms with van der Waals surface area (Å²) in [6.07, 6.45) is 0.452. The lowest BCUT2D eigenvalue weighted by Gasteiger charge is -2.12. The van der Waals surface area contributed by atoms with Crippen LogP contribution in [0, 0.1) is 0 Å². The molecular formula is C7H12N2O2. The fourth-order valence-corrected chi connectivity index (χ4v) is 1.91. The average molecular weight is 156 g/mol. The smallest absolute Gasteiger partial charge is 0.320 e. The minimum atomic E-state index is -0.294. The van der Waals surface area contributed by atoms with Crippen LogP contribution in [-0.2, 0) is 0 Å². The van der Waals surface area contributed by atoms with Gasteiger partial charge >= 0.3 is 6.03 Å².